The molecule has 1 saturated heterocycles. The molecule has 1 fully saturated rings. The molecule has 1 aliphatic heterocycles. The molecule has 2 atom stereocenters. The van der Waals surface area contributed by atoms with Crippen LogP contribution < -0.4 is 5.32 Å². The zero-order valence-corrected chi connectivity index (χ0v) is 6.23. The van der Waals surface area contributed by atoms with E-state index in [0.29, 0.717) is 19.4 Å². The Labute approximate surface area is 60.4 Å². The highest BCUT2D eigenvalue weighted by molar-refractivity contribution is 4.91. The van der Waals surface area contributed by atoms with Gasteiger partial charge in [0.25, 0.3) is 0 Å². The highest BCUT2D eigenvalue weighted by atomic mass is 19.1. The van der Waals surface area contributed by atoms with E-state index < -0.39 is 11.8 Å². The van der Waals surface area contributed by atoms with E-state index in [-0.39, 0.29) is 0 Å². The Morgan fingerprint density at radius 1 is 1.80 bits per heavy atom. The Bertz CT molecular complexity index is 120. The second-order valence-corrected chi connectivity index (χ2v) is 2.87. The van der Waals surface area contributed by atoms with E-state index in [4.69, 9.17) is 0 Å². The molecule has 60 valence electrons. The van der Waals surface area contributed by atoms with Crippen molar-refractivity contribution in [3.8, 4) is 0 Å². The minimum atomic E-state index is -1.38. The molecule has 0 unspecified atom stereocenters. The van der Waals surface area contributed by atoms with Crippen LogP contribution in [-0.2, 0) is 0 Å². The van der Waals surface area contributed by atoms with E-state index in [0.717, 1.165) is 6.54 Å². The van der Waals surface area contributed by atoms with Crippen molar-refractivity contribution in [2.45, 2.75) is 31.5 Å². The second kappa shape index (κ2) is 2.84. The molecule has 0 radical (unpaired) electrons. The first-order valence-electron chi connectivity index (χ1n) is 3.77. The summed E-state index contributed by atoms with van der Waals surface area (Å²) in [5.41, 5.74) is -1.38. The number of nitrogens with one attached hydrogen (secondary N) is 1. The zero-order chi connectivity index (χ0) is 7.61. The Morgan fingerprint density at radius 3 is 2.90 bits per heavy atom. The van der Waals surface area contributed by atoms with E-state index >= 15 is 0 Å². The average molecular weight is 147 g/mol. The lowest BCUT2D eigenvalue weighted by Gasteiger charge is -2.33. The van der Waals surface area contributed by atoms with Crippen LogP contribution in [0.4, 0.5) is 4.39 Å². The Morgan fingerprint density at radius 2 is 2.50 bits per heavy atom. The quantitative estimate of drug-likeness (QED) is 0.564. The SMILES string of the molecule is CC[C@]1(F)CNCC[C@@H]1O. The van der Waals surface area contributed by atoms with Gasteiger partial charge < -0.3 is 10.4 Å². The first-order valence-corrected chi connectivity index (χ1v) is 3.77. The van der Waals surface area contributed by atoms with Gasteiger partial charge in [-0.2, -0.15) is 0 Å². The number of hydrogen-bond donors (Lipinski definition) is 2. The lowest BCUT2D eigenvalue weighted by atomic mass is 9.90. The molecule has 0 aromatic carbocycles. The van der Waals surface area contributed by atoms with Gasteiger partial charge in [-0.05, 0) is 19.4 Å². The monoisotopic (exact) mass is 147 g/mol. The van der Waals surface area contributed by atoms with Crippen LogP contribution in [0.5, 0.6) is 0 Å². The van der Waals surface area contributed by atoms with Crippen molar-refractivity contribution in [1.29, 1.82) is 0 Å². The maximum atomic E-state index is 13.4. The van der Waals surface area contributed by atoms with Crippen molar-refractivity contribution in [3.05, 3.63) is 0 Å². The maximum absolute atomic E-state index is 13.4. The molecule has 2 nitrogen and oxygen atoms in total. The molecule has 0 aliphatic carbocycles. The molecule has 2 N–H and O–H groups in total. The fraction of sp³-hybridized carbons (Fsp3) is 1.00. The van der Waals surface area contributed by atoms with Crippen molar-refractivity contribution >= 4 is 0 Å². The second-order valence-electron chi connectivity index (χ2n) is 2.87. The Hall–Kier alpha value is -0.150. The van der Waals surface area contributed by atoms with Gasteiger partial charge in [-0.25, -0.2) is 4.39 Å². The zero-order valence-electron chi connectivity index (χ0n) is 6.23. The molecule has 0 amide bonds. The third kappa shape index (κ3) is 1.30. The normalized spacial score (nSPS) is 41.7. The smallest absolute Gasteiger partial charge is 0.148 e. The minimum Gasteiger partial charge on any atom is -0.390 e. The van der Waals surface area contributed by atoms with Gasteiger partial charge in [0.15, 0.2) is 0 Å². The number of aliphatic hydroxyl groups excluding tert-OH is 1. The predicted octanol–water partition coefficient (Wildman–Crippen LogP) is 0.459. The fourth-order valence-corrected chi connectivity index (χ4v) is 1.27. The molecule has 1 heterocycles. The van der Waals surface area contributed by atoms with E-state index in [1.807, 2.05) is 0 Å². The van der Waals surface area contributed by atoms with E-state index in [1.165, 1.54) is 0 Å². The predicted molar refractivity (Wildman–Crippen MR) is 37.6 cm³/mol. The van der Waals surface area contributed by atoms with Gasteiger partial charge in [-0.15, -0.1) is 0 Å². The van der Waals surface area contributed by atoms with E-state index in [2.05, 4.69) is 5.32 Å². The molecule has 3 heteroatoms. The summed E-state index contributed by atoms with van der Waals surface area (Å²) in [6, 6.07) is 0. The van der Waals surface area contributed by atoms with Gasteiger partial charge in [0.2, 0.25) is 0 Å². The summed E-state index contributed by atoms with van der Waals surface area (Å²) >= 11 is 0. The number of rotatable bonds is 1. The number of alkyl halides is 1. The van der Waals surface area contributed by atoms with Crippen LogP contribution in [0.3, 0.4) is 0 Å². The molecule has 1 rings (SSSR count). The largest absolute Gasteiger partial charge is 0.390 e. The minimum absolute atomic E-state index is 0.296. The van der Waals surface area contributed by atoms with Gasteiger partial charge in [0.05, 0.1) is 6.10 Å². The van der Waals surface area contributed by atoms with Crippen LogP contribution in [0.25, 0.3) is 0 Å². The molecule has 0 spiro atoms. The number of piperidine rings is 1. The number of halogens is 1. The number of aliphatic hydroxyl groups is 1. The van der Waals surface area contributed by atoms with E-state index in [9.17, 15) is 9.50 Å². The molecule has 0 bridgehead atoms. The summed E-state index contributed by atoms with van der Waals surface area (Å²) in [4.78, 5) is 0. The fourth-order valence-electron chi connectivity index (χ4n) is 1.27. The third-order valence-electron chi connectivity index (χ3n) is 2.20. The van der Waals surface area contributed by atoms with E-state index in [1.54, 1.807) is 6.92 Å². The third-order valence-corrected chi connectivity index (χ3v) is 2.20. The molecule has 0 saturated carbocycles. The van der Waals surface area contributed by atoms with Crippen molar-refractivity contribution in [3.63, 3.8) is 0 Å². The Kier molecular flexibility index (Phi) is 2.26. The number of hydrogen-bond acceptors (Lipinski definition) is 2. The average Bonchev–Trinajstić information content (AvgIpc) is 1.96. The lowest BCUT2D eigenvalue weighted by molar-refractivity contribution is -0.0316. The highest BCUT2D eigenvalue weighted by Gasteiger charge is 2.38. The highest BCUT2D eigenvalue weighted by Crippen LogP contribution is 2.24. The van der Waals surface area contributed by atoms with Crippen molar-refractivity contribution in [1.82, 2.24) is 5.32 Å². The van der Waals surface area contributed by atoms with Crippen molar-refractivity contribution < 1.29 is 9.50 Å². The summed E-state index contributed by atoms with van der Waals surface area (Å²) in [5, 5.41) is 12.1. The molecule has 0 aromatic rings. The molecule has 10 heavy (non-hydrogen) atoms. The van der Waals surface area contributed by atoms with Crippen LogP contribution in [0.2, 0.25) is 0 Å². The first-order chi connectivity index (χ1) is 4.69. The first kappa shape index (κ1) is 7.95. The standard InChI is InChI=1S/C7H14FNO/c1-2-7(8)5-9-4-3-6(7)10/h6,9-10H,2-5H2,1H3/t6-,7-/m0/s1. The summed E-state index contributed by atoms with van der Waals surface area (Å²) in [6.07, 6.45) is 0.157. The van der Waals surface area contributed by atoms with Crippen LogP contribution in [0, 0.1) is 0 Å². The lowest BCUT2D eigenvalue weighted by Crippen LogP contribution is -2.51. The van der Waals surface area contributed by atoms with Crippen LogP contribution in [0.1, 0.15) is 19.8 Å². The summed E-state index contributed by atoms with van der Waals surface area (Å²) in [6.45, 7) is 2.79. The van der Waals surface area contributed by atoms with Gasteiger partial charge in [0.1, 0.15) is 5.67 Å². The van der Waals surface area contributed by atoms with Crippen LogP contribution in [-0.4, -0.2) is 30.0 Å². The van der Waals surface area contributed by atoms with Gasteiger partial charge >= 0.3 is 0 Å². The van der Waals surface area contributed by atoms with Crippen LogP contribution >= 0.6 is 0 Å². The summed E-state index contributed by atoms with van der Waals surface area (Å²) in [5.74, 6) is 0. The topological polar surface area (TPSA) is 32.3 Å². The van der Waals surface area contributed by atoms with Crippen LogP contribution in [0.15, 0.2) is 0 Å². The summed E-state index contributed by atoms with van der Waals surface area (Å²) in [7, 11) is 0. The van der Waals surface area contributed by atoms with Crippen molar-refractivity contribution in [2.75, 3.05) is 13.1 Å². The summed E-state index contributed by atoms with van der Waals surface area (Å²) < 4.78 is 13.4. The Balaban J connectivity index is 2.54. The maximum Gasteiger partial charge on any atom is 0.148 e. The van der Waals surface area contributed by atoms with Gasteiger partial charge in [0, 0.05) is 6.54 Å². The molecule has 0 aromatic heterocycles. The molecular weight excluding hydrogens is 133 g/mol. The molecular formula is C7H14FNO. The van der Waals surface area contributed by atoms with Gasteiger partial charge in [-0.3, -0.25) is 0 Å². The van der Waals surface area contributed by atoms with Crippen molar-refractivity contribution in [2.24, 2.45) is 0 Å². The molecule has 1 aliphatic rings. The van der Waals surface area contributed by atoms with Gasteiger partial charge in [-0.1, -0.05) is 6.92 Å².